The van der Waals surface area contributed by atoms with Crippen molar-refractivity contribution >= 4 is 23.0 Å². The molecule has 26 heavy (non-hydrogen) atoms. The summed E-state index contributed by atoms with van der Waals surface area (Å²) >= 11 is 0. The van der Waals surface area contributed by atoms with Crippen LogP contribution in [0.5, 0.6) is 0 Å². The van der Waals surface area contributed by atoms with E-state index < -0.39 is 0 Å². The number of likely N-dealkylation sites (tertiary alicyclic amines) is 1. The van der Waals surface area contributed by atoms with Crippen molar-refractivity contribution in [2.45, 2.75) is 25.7 Å². The zero-order chi connectivity index (χ0) is 17.9. The highest BCUT2D eigenvalue weighted by molar-refractivity contribution is 5.91. The van der Waals surface area contributed by atoms with E-state index in [1.165, 1.54) is 5.56 Å². The lowest BCUT2D eigenvalue weighted by atomic mass is 9.96. The monoisotopic (exact) mass is 345 g/mol. The molecule has 1 aromatic heterocycles. The number of benzene rings is 2. The Morgan fingerprint density at radius 2 is 1.85 bits per heavy atom. The highest BCUT2D eigenvalue weighted by Gasteiger charge is 2.24. The number of imidazole rings is 1. The molecule has 0 atom stereocenters. The predicted molar refractivity (Wildman–Crippen MR) is 105 cm³/mol. The molecule has 4 heteroatoms. The normalized spacial score (nSPS) is 15.8. The van der Waals surface area contributed by atoms with Gasteiger partial charge in [-0.3, -0.25) is 4.79 Å². The molecule has 4 nitrogen and oxygen atoms in total. The van der Waals surface area contributed by atoms with Gasteiger partial charge in [0.05, 0.1) is 11.0 Å². The molecule has 0 radical (unpaired) electrons. The largest absolute Gasteiger partial charge is 0.342 e. The van der Waals surface area contributed by atoms with E-state index >= 15 is 0 Å². The van der Waals surface area contributed by atoms with E-state index in [9.17, 15) is 4.79 Å². The van der Waals surface area contributed by atoms with E-state index in [0.717, 1.165) is 48.4 Å². The zero-order valence-corrected chi connectivity index (χ0v) is 15.0. The number of amides is 1. The second-order valence-corrected chi connectivity index (χ2v) is 6.98. The van der Waals surface area contributed by atoms with Crippen LogP contribution < -0.4 is 0 Å². The molecular weight excluding hydrogens is 322 g/mol. The summed E-state index contributed by atoms with van der Waals surface area (Å²) in [5, 5.41) is 0. The van der Waals surface area contributed by atoms with Gasteiger partial charge in [0.15, 0.2) is 0 Å². The molecule has 0 saturated carbocycles. The van der Waals surface area contributed by atoms with E-state index in [1.54, 1.807) is 6.08 Å². The van der Waals surface area contributed by atoms with Crippen LogP contribution in [0.15, 0.2) is 54.6 Å². The SMILES string of the molecule is Cc1ccc(/C=C/C(=O)N2CCC(c3nc4ccccc4[nH]3)CC2)cc1. The molecule has 3 aromatic rings. The van der Waals surface area contributed by atoms with E-state index in [2.05, 4.69) is 30.1 Å². The third-order valence-corrected chi connectivity index (χ3v) is 5.10. The number of H-pyrrole nitrogens is 1. The first-order valence-electron chi connectivity index (χ1n) is 9.17. The van der Waals surface area contributed by atoms with Gasteiger partial charge in [0.25, 0.3) is 0 Å². The van der Waals surface area contributed by atoms with Gasteiger partial charge in [-0.2, -0.15) is 0 Å². The Hall–Kier alpha value is -2.88. The molecule has 1 amide bonds. The van der Waals surface area contributed by atoms with Crippen molar-refractivity contribution < 1.29 is 4.79 Å². The lowest BCUT2D eigenvalue weighted by Crippen LogP contribution is -2.37. The number of carbonyl (C=O) groups excluding carboxylic acids is 1. The van der Waals surface area contributed by atoms with Gasteiger partial charge >= 0.3 is 0 Å². The van der Waals surface area contributed by atoms with Crippen molar-refractivity contribution in [3.05, 3.63) is 71.6 Å². The first kappa shape index (κ1) is 16.6. The van der Waals surface area contributed by atoms with Crippen molar-refractivity contribution in [3.8, 4) is 0 Å². The first-order valence-corrected chi connectivity index (χ1v) is 9.17. The predicted octanol–water partition coefficient (Wildman–Crippen LogP) is 4.29. The van der Waals surface area contributed by atoms with Crippen LogP contribution in [0.1, 0.15) is 35.7 Å². The fraction of sp³-hybridized carbons (Fsp3) is 0.273. The number of carbonyl (C=O) groups is 1. The maximum Gasteiger partial charge on any atom is 0.246 e. The van der Waals surface area contributed by atoms with E-state index in [1.807, 2.05) is 41.3 Å². The Balaban J connectivity index is 1.36. The van der Waals surface area contributed by atoms with Crippen molar-refractivity contribution in [3.63, 3.8) is 0 Å². The minimum absolute atomic E-state index is 0.0913. The van der Waals surface area contributed by atoms with E-state index in [-0.39, 0.29) is 5.91 Å². The molecule has 1 aliphatic heterocycles. The molecule has 0 unspecified atom stereocenters. The summed E-state index contributed by atoms with van der Waals surface area (Å²) in [7, 11) is 0. The fourth-order valence-corrected chi connectivity index (χ4v) is 3.49. The Bertz CT molecular complexity index is 898. The minimum Gasteiger partial charge on any atom is -0.342 e. The van der Waals surface area contributed by atoms with Crippen LogP contribution in [-0.2, 0) is 4.79 Å². The Kier molecular flexibility index (Phi) is 4.57. The highest BCUT2D eigenvalue weighted by atomic mass is 16.2. The van der Waals surface area contributed by atoms with Gasteiger partial charge in [-0.25, -0.2) is 4.98 Å². The average molecular weight is 345 g/mol. The van der Waals surface area contributed by atoms with Crippen molar-refractivity contribution in [2.24, 2.45) is 0 Å². The molecule has 0 bridgehead atoms. The molecule has 1 N–H and O–H groups in total. The lowest BCUT2D eigenvalue weighted by molar-refractivity contribution is -0.127. The van der Waals surface area contributed by atoms with Crippen molar-refractivity contribution in [1.29, 1.82) is 0 Å². The molecule has 2 aromatic carbocycles. The molecule has 0 aliphatic carbocycles. The molecule has 2 heterocycles. The average Bonchev–Trinajstić information content (AvgIpc) is 3.12. The number of hydrogen-bond acceptors (Lipinski definition) is 2. The summed E-state index contributed by atoms with van der Waals surface area (Å²) in [6.07, 6.45) is 5.48. The molecule has 1 fully saturated rings. The van der Waals surface area contributed by atoms with Gasteiger partial charge in [0, 0.05) is 25.1 Å². The summed E-state index contributed by atoms with van der Waals surface area (Å²) in [6.45, 7) is 3.61. The summed E-state index contributed by atoms with van der Waals surface area (Å²) in [5.74, 6) is 1.54. The number of nitrogens with one attached hydrogen (secondary N) is 1. The second-order valence-electron chi connectivity index (χ2n) is 6.98. The summed E-state index contributed by atoms with van der Waals surface area (Å²) in [4.78, 5) is 22.5. The number of para-hydroxylation sites is 2. The Labute approximate surface area is 153 Å². The number of aromatic nitrogens is 2. The number of piperidine rings is 1. The number of hydrogen-bond donors (Lipinski definition) is 1. The summed E-state index contributed by atoms with van der Waals surface area (Å²) in [5.41, 5.74) is 4.38. The van der Waals surface area contributed by atoms with Gasteiger partial charge in [-0.1, -0.05) is 42.0 Å². The number of rotatable bonds is 3. The molecule has 1 saturated heterocycles. The van der Waals surface area contributed by atoms with Crippen molar-refractivity contribution in [2.75, 3.05) is 13.1 Å². The Morgan fingerprint density at radius 3 is 2.58 bits per heavy atom. The topological polar surface area (TPSA) is 49.0 Å². The number of nitrogens with zero attached hydrogens (tertiary/aromatic N) is 2. The van der Waals surface area contributed by atoms with Crippen LogP contribution in [-0.4, -0.2) is 33.9 Å². The van der Waals surface area contributed by atoms with Gasteiger partial charge in [-0.05, 0) is 43.5 Å². The van der Waals surface area contributed by atoms with Gasteiger partial charge < -0.3 is 9.88 Å². The highest BCUT2D eigenvalue weighted by Crippen LogP contribution is 2.27. The third-order valence-electron chi connectivity index (χ3n) is 5.10. The van der Waals surface area contributed by atoms with Gasteiger partial charge in [0.2, 0.25) is 5.91 Å². The van der Waals surface area contributed by atoms with E-state index in [0.29, 0.717) is 5.92 Å². The van der Waals surface area contributed by atoms with Crippen LogP contribution in [0.2, 0.25) is 0 Å². The number of aryl methyl sites for hydroxylation is 1. The summed E-state index contributed by atoms with van der Waals surface area (Å²) < 4.78 is 0. The van der Waals surface area contributed by atoms with E-state index in [4.69, 9.17) is 4.98 Å². The maximum atomic E-state index is 12.4. The van der Waals surface area contributed by atoms with Crippen LogP contribution in [0, 0.1) is 6.92 Å². The Morgan fingerprint density at radius 1 is 1.12 bits per heavy atom. The molecular formula is C22H23N3O. The molecule has 0 spiro atoms. The number of aromatic amines is 1. The van der Waals surface area contributed by atoms with Crippen LogP contribution >= 0.6 is 0 Å². The maximum absolute atomic E-state index is 12.4. The molecule has 132 valence electrons. The molecule has 1 aliphatic rings. The van der Waals surface area contributed by atoms with Crippen LogP contribution in [0.25, 0.3) is 17.1 Å². The fourth-order valence-electron chi connectivity index (χ4n) is 3.49. The van der Waals surface area contributed by atoms with Gasteiger partial charge in [-0.15, -0.1) is 0 Å². The second kappa shape index (κ2) is 7.16. The minimum atomic E-state index is 0.0913. The van der Waals surface area contributed by atoms with Gasteiger partial charge in [0.1, 0.15) is 5.82 Å². The van der Waals surface area contributed by atoms with Crippen LogP contribution in [0.4, 0.5) is 0 Å². The standard InChI is InChI=1S/C22H23N3O/c1-16-6-8-17(9-7-16)10-11-21(26)25-14-12-18(13-15-25)22-23-19-4-2-3-5-20(19)24-22/h2-11,18H,12-15H2,1H3,(H,23,24)/b11-10+. The smallest absolute Gasteiger partial charge is 0.246 e. The zero-order valence-electron chi connectivity index (χ0n) is 15.0. The molecule has 4 rings (SSSR count). The third kappa shape index (κ3) is 3.54. The number of fused-ring (bicyclic) bond motifs is 1. The quantitative estimate of drug-likeness (QED) is 0.720. The van der Waals surface area contributed by atoms with Crippen LogP contribution in [0.3, 0.4) is 0 Å². The first-order chi connectivity index (χ1) is 12.7. The summed E-state index contributed by atoms with van der Waals surface area (Å²) in [6, 6.07) is 16.3. The lowest BCUT2D eigenvalue weighted by Gasteiger charge is -2.30. The van der Waals surface area contributed by atoms with Crippen molar-refractivity contribution in [1.82, 2.24) is 14.9 Å².